The molecule has 1 aliphatic rings. The number of aromatic nitrogens is 1. The second-order valence-corrected chi connectivity index (χ2v) is 7.47. The number of nitrogens with one attached hydrogen (secondary N) is 1. The highest BCUT2D eigenvalue weighted by Crippen LogP contribution is 2.41. The number of rotatable bonds is 4. The lowest BCUT2D eigenvalue weighted by atomic mass is 9.99. The number of halogens is 3. The number of aromatic hydroxyl groups is 1. The molecule has 1 amide bonds. The Balaban J connectivity index is 1.94. The van der Waals surface area contributed by atoms with Gasteiger partial charge >= 0.3 is 12.1 Å². The number of nitriles is 1. The van der Waals surface area contributed by atoms with Crippen molar-refractivity contribution in [3.63, 3.8) is 0 Å². The fourth-order valence-electron chi connectivity index (χ4n) is 3.85. The number of hydrogen-bond donors (Lipinski definition) is 3. The lowest BCUT2D eigenvalue weighted by Gasteiger charge is -2.30. The summed E-state index contributed by atoms with van der Waals surface area (Å²) >= 11 is 0. The van der Waals surface area contributed by atoms with Gasteiger partial charge < -0.3 is 20.0 Å². The van der Waals surface area contributed by atoms with E-state index in [1.54, 1.807) is 0 Å². The van der Waals surface area contributed by atoms with Crippen molar-refractivity contribution in [1.29, 1.82) is 5.26 Å². The first-order chi connectivity index (χ1) is 16.6. The molecule has 2 aromatic carbocycles. The lowest BCUT2D eigenvalue weighted by Crippen LogP contribution is -2.40. The number of carbonyl (C=O) groups is 2. The van der Waals surface area contributed by atoms with Crippen molar-refractivity contribution in [2.75, 3.05) is 13.2 Å². The number of carbonyl (C=O) groups excluding carboxylic acids is 2. The zero-order valence-corrected chi connectivity index (χ0v) is 17.5. The van der Waals surface area contributed by atoms with Crippen LogP contribution < -0.4 is 21.5 Å². The van der Waals surface area contributed by atoms with Gasteiger partial charge in [-0.25, -0.2) is 4.79 Å². The van der Waals surface area contributed by atoms with E-state index in [9.17, 15) is 37.9 Å². The summed E-state index contributed by atoms with van der Waals surface area (Å²) in [5.41, 5.74) is -2.37. The van der Waals surface area contributed by atoms with Crippen LogP contribution in [-0.4, -0.2) is 34.7 Å². The number of benzene rings is 2. The first-order valence-corrected chi connectivity index (χ1v) is 9.90. The molecule has 13 heteroatoms. The van der Waals surface area contributed by atoms with Crippen molar-refractivity contribution < 1.29 is 37.4 Å². The van der Waals surface area contributed by atoms with Crippen molar-refractivity contribution in [3.8, 4) is 17.6 Å². The minimum Gasteiger partial charge on any atom is -0.506 e. The molecule has 1 atom stereocenters. The summed E-state index contributed by atoms with van der Waals surface area (Å²) in [6.07, 6.45) is -4.57. The predicted molar refractivity (Wildman–Crippen MR) is 112 cm³/mol. The average molecular weight is 488 g/mol. The van der Waals surface area contributed by atoms with Gasteiger partial charge in [0, 0.05) is 5.39 Å². The van der Waals surface area contributed by atoms with Gasteiger partial charge in [0.25, 0.3) is 11.5 Å². The Hall–Kier alpha value is -4.57. The molecule has 4 N–H and O–H groups in total. The molecule has 0 radical (unpaired) electrons. The number of nitrogens with zero attached hydrogens (tertiary/aromatic N) is 2. The van der Waals surface area contributed by atoms with E-state index in [0.29, 0.717) is 0 Å². The first-order valence-electron chi connectivity index (χ1n) is 9.90. The predicted octanol–water partition coefficient (Wildman–Crippen LogP) is 1.73. The Morgan fingerprint density at radius 1 is 1.26 bits per heavy atom. The van der Waals surface area contributed by atoms with Crippen LogP contribution >= 0.6 is 0 Å². The van der Waals surface area contributed by atoms with Gasteiger partial charge in [-0.15, -0.1) is 0 Å². The van der Waals surface area contributed by atoms with Gasteiger partial charge in [-0.05, 0) is 29.8 Å². The minimum absolute atomic E-state index is 0.0133. The van der Waals surface area contributed by atoms with Crippen LogP contribution in [0.2, 0.25) is 0 Å². The van der Waals surface area contributed by atoms with Crippen LogP contribution in [0.15, 0.2) is 41.2 Å². The number of amides is 1. The SMILES string of the molecule is N#Cc1ccc2c(O)c(C(=O)NCC(=O)ON)c(=O)n3c2c1OCC3c1ccc(C(F)(F)F)cc1. The van der Waals surface area contributed by atoms with E-state index in [4.69, 9.17) is 10.6 Å². The fraction of sp³-hybridized carbons (Fsp3) is 0.182. The minimum atomic E-state index is -4.57. The number of ether oxygens (including phenoxy) is 1. The summed E-state index contributed by atoms with van der Waals surface area (Å²) < 4.78 is 45.8. The standard InChI is InChI=1S/C22H15F3N4O6/c23-22(24,25)12-4-1-10(2-5-12)14-9-34-19-11(7-26)3-6-13-17(19)29(14)21(33)16(18(13)31)20(32)28-8-15(30)35-27/h1-6,14,31H,8-9,27H2,(H,28,32). The molecule has 0 spiro atoms. The van der Waals surface area contributed by atoms with Crippen molar-refractivity contribution in [3.05, 3.63) is 69.0 Å². The summed E-state index contributed by atoms with van der Waals surface area (Å²) in [7, 11) is 0. The van der Waals surface area contributed by atoms with E-state index < -0.39 is 53.1 Å². The molecule has 0 saturated carbocycles. The monoisotopic (exact) mass is 488 g/mol. The Bertz CT molecular complexity index is 1460. The van der Waals surface area contributed by atoms with Crippen LogP contribution in [0.25, 0.3) is 10.9 Å². The lowest BCUT2D eigenvalue weighted by molar-refractivity contribution is -0.143. The molecule has 1 aromatic heterocycles. The van der Waals surface area contributed by atoms with E-state index in [0.717, 1.165) is 28.8 Å². The van der Waals surface area contributed by atoms with Gasteiger partial charge in [0.15, 0.2) is 5.75 Å². The topological polar surface area (TPSA) is 157 Å². The van der Waals surface area contributed by atoms with Gasteiger partial charge in [-0.1, -0.05) is 12.1 Å². The maximum Gasteiger partial charge on any atom is 0.416 e. The normalized spacial score (nSPS) is 14.7. The molecule has 1 unspecified atom stereocenters. The van der Waals surface area contributed by atoms with Crippen molar-refractivity contribution in [1.82, 2.24) is 9.88 Å². The van der Waals surface area contributed by atoms with Crippen molar-refractivity contribution >= 4 is 22.8 Å². The molecule has 3 aromatic rings. The fourth-order valence-corrected chi connectivity index (χ4v) is 3.85. The highest BCUT2D eigenvalue weighted by atomic mass is 19.4. The van der Waals surface area contributed by atoms with Crippen molar-refractivity contribution in [2.24, 2.45) is 5.90 Å². The van der Waals surface area contributed by atoms with Crippen LogP contribution in [0.5, 0.6) is 11.5 Å². The van der Waals surface area contributed by atoms with Gasteiger partial charge in [-0.2, -0.15) is 24.3 Å². The summed E-state index contributed by atoms with van der Waals surface area (Å²) in [5.74, 6) is 1.82. The van der Waals surface area contributed by atoms with E-state index >= 15 is 0 Å². The molecule has 35 heavy (non-hydrogen) atoms. The Kier molecular flexibility index (Phi) is 5.83. The van der Waals surface area contributed by atoms with Crippen LogP contribution in [0, 0.1) is 11.3 Å². The molecule has 10 nitrogen and oxygen atoms in total. The summed E-state index contributed by atoms with van der Waals surface area (Å²) in [6, 6.07) is 7.52. The number of nitrogens with two attached hydrogens (primary N) is 1. The molecule has 4 rings (SSSR count). The van der Waals surface area contributed by atoms with Crippen LogP contribution in [0.4, 0.5) is 13.2 Å². The van der Waals surface area contributed by atoms with Gasteiger partial charge in [0.2, 0.25) is 0 Å². The highest BCUT2D eigenvalue weighted by molar-refractivity contribution is 6.04. The largest absolute Gasteiger partial charge is 0.506 e. The molecular weight excluding hydrogens is 473 g/mol. The number of hydrogen-bond acceptors (Lipinski definition) is 8. The van der Waals surface area contributed by atoms with E-state index in [-0.39, 0.29) is 34.4 Å². The summed E-state index contributed by atoms with van der Waals surface area (Å²) in [6.45, 7) is -0.951. The number of alkyl halides is 3. The Morgan fingerprint density at radius 2 is 1.94 bits per heavy atom. The second kappa shape index (κ2) is 8.65. The second-order valence-electron chi connectivity index (χ2n) is 7.47. The molecule has 1 aliphatic heterocycles. The van der Waals surface area contributed by atoms with Gasteiger partial charge in [0.05, 0.1) is 22.7 Å². The first kappa shape index (κ1) is 23.6. The summed E-state index contributed by atoms with van der Waals surface area (Å²) in [5, 5.41) is 22.3. The van der Waals surface area contributed by atoms with Crippen LogP contribution in [0.3, 0.4) is 0 Å². The molecule has 0 bridgehead atoms. The molecule has 2 heterocycles. The van der Waals surface area contributed by atoms with Crippen LogP contribution in [-0.2, 0) is 15.8 Å². The molecule has 0 saturated heterocycles. The van der Waals surface area contributed by atoms with E-state index in [1.165, 1.54) is 12.1 Å². The van der Waals surface area contributed by atoms with E-state index in [1.807, 2.05) is 6.07 Å². The third-order valence-electron chi connectivity index (χ3n) is 5.49. The zero-order valence-electron chi connectivity index (χ0n) is 17.5. The summed E-state index contributed by atoms with van der Waals surface area (Å²) in [4.78, 5) is 41.4. The van der Waals surface area contributed by atoms with E-state index in [2.05, 4.69) is 10.2 Å². The molecule has 180 valence electrons. The van der Waals surface area contributed by atoms with Gasteiger partial charge in [0.1, 0.15) is 30.5 Å². The Labute approximate surface area is 193 Å². The smallest absolute Gasteiger partial charge is 0.416 e. The molecular formula is C22H15F3N4O6. The van der Waals surface area contributed by atoms with Crippen molar-refractivity contribution in [2.45, 2.75) is 12.2 Å². The Morgan fingerprint density at radius 3 is 2.54 bits per heavy atom. The third kappa shape index (κ3) is 4.00. The molecule has 0 fully saturated rings. The number of pyridine rings is 1. The third-order valence-corrected chi connectivity index (χ3v) is 5.49. The molecule has 0 aliphatic carbocycles. The average Bonchev–Trinajstić information content (AvgIpc) is 2.84. The quantitative estimate of drug-likeness (QED) is 0.469. The maximum atomic E-state index is 13.5. The van der Waals surface area contributed by atoms with Crippen LogP contribution in [0.1, 0.15) is 33.1 Å². The van der Waals surface area contributed by atoms with Gasteiger partial charge in [-0.3, -0.25) is 14.2 Å². The highest BCUT2D eigenvalue weighted by Gasteiger charge is 2.34. The zero-order chi connectivity index (χ0) is 25.5. The maximum absolute atomic E-state index is 13.5.